The Morgan fingerprint density at radius 1 is 0.931 bits per heavy atom. The molecule has 0 radical (unpaired) electrons. The van der Waals surface area contributed by atoms with E-state index in [2.05, 4.69) is 5.32 Å². The second-order valence-electron chi connectivity index (χ2n) is 5.96. The summed E-state index contributed by atoms with van der Waals surface area (Å²) in [6.45, 7) is -0.466. The lowest BCUT2D eigenvalue weighted by Gasteiger charge is -2.12. The quantitative estimate of drug-likeness (QED) is 0.464. The molecule has 3 aromatic carbocycles. The van der Waals surface area contributed by atoms with Crippen LogP contribution in [0, 0.1) is 5.82 Å². The summed E-state index contributed by atoms with van der Waals surface area (Å²) in [6.07, 6.45) is 2.54. The van der Waals surface area contributed by atoms with Gasteiger partial charge in [-0.25, -0.2) is 9.18 Å². The fourth-order valence-electron chi connectivity index (χ4n) is 2.42. The monoisotopic (exact) mass is 391 g/mol. The molecule has 0 saturated carbocycles. The number of carbonyl (C=O) groups excluding carboxylic acids is 2. The fourth-order valence-corrected chi connectivity index (χ4v) is 2.42. The van der Waals surface area contributed by atoms with Gasteiger partial charge >= 0.3 is 5.97 Å². The van der Waals surface area contributed by atoms with Gasteiger partial charge in [0.1, 0.15) is 11.6 Å². The van der Waals surface area contributed by atoms with Crippen molar-refractivity contribution >= 4 is 23.6 Å². The van der Waals surface area contributed by atoms with Gasteiger partial charge in [-0.05, 0) is 48.0 Å². The lowest BCUT2D eigenvalue weighted by molar-refractivity contribution is -0.142. The predicted molar refractivity (Wildman–Crippen MR) is 108 cm³/mol. The first-order chi connectivity index (χ1) is 14.1. The van der Waals surface area contributed by atoms with Crippen LogP contribution in [0.3, 0.4) is 0 Å². The Kier molecular flexibility index (Phi) is 6.73. The molecule has 0 aromatic heterocycles. The predicted octanol–water partition coefficient (Wildman–Crippen LogP) is 4.81. The van der Waals surface area contributed by atoms with Crippen LogP contribution in [-0.2, 0) is 14.3 Å². The van der Waals surface area contributed by atoms with Gasteiger partial charge in [0.05, 0.1) is 5.69 Å². The molecule has 1 N–H and O–H groups in total. The third-order valence-corrected chi connectivity index (χ3v) is 3.74. The van der Waals surface area contributed by atoms with Crippen LogP contribution in [0.2, 0.25) is 0 Å². The van der Waals surface area contributed by atoms with Gasteiger partial charge in [0.2, 0.25) is 0 Å². The second kappa shape index (κ2) is 9.85. The van der Waals surface area contributed by atoms with Crippen molar-refractivity contribution in [2.75, 3.05) is 11.9 Å². The zero-order valence-electron chi connectivity index (χ0n) is 15.4. The topological polar surface area (TPSA) is 64.6 Å². The van der Waals surface area contributed by atoms with Crippen LogP contribution >= 0.6 is 0 Å². The molecule has 6 heteroatoms. The Morgan fingerprint density at radius 3 is 2.48 bits per heavy atom. The molecule has 3 aromatic rings. The van der Waals surface area contributed by atoms with Gasteiger partial charge in [-0.1, -0.05) is 42.5 Å². The molecule has 0 saturated heterocycles. The zero-order valence-corrected chi connectivity index (χ0v) is 15.4. The molecule has 146 valence electrons. The number of ether oxygens (including phenoxy) is 2. The summed E-state index contributed by atoms with van der Waals surface area (Å²) in [5.41, 5.74) is 0.964. The van der Waals surface area contributed by atoms with Crippen molar-refractivity contribution in [3.63, 3.8) is 0 Å². The standard InChI is InChI=1S/C23H18FNO4/c24-18-8-6-7-17(15-18)13-14-23(27)28-16-22(26)25-20-11-4-5-12-21(20)29-19-9-2-1-3-10-19/h1-15H,16H2,(H,25,26)/b14-13+. The van der Waals surface area contributed by atoms with Crippen LogP contribution in [0.15, 0.2) is 84.9 Å². The molecular weight excluding hydrogens is 373 g/mol. The molecule has 0 aliphatic carbocycles. The van der Waals surface area contributed by atoms with Gasteiger partial charge in [0.25, 0.3) is 5.91 Å². The lowest BCUT2D eigenvalue weighted by Crippen LogP contribution is -2.20. The average molecular weight is 391 g/mol. The van der Waals surface area contributed by atoms with Crippen molar-refractivity contribution < 1.29 is 23.5 Å². The van der Waals surface area contributed by atoms with Crippen LogP contribution in [-0.4, -0.2) is 18.5 Å². The van der Waals surface area contributed by atoms with Crippen LogP contribution in [0.25, 0.3) is 6.08 Å². The highest BCUT2D eigenvalue weighted by Gasteiger charge is 2.10. The van der Waals surface area contributed by atoms with Crippen LogP contribution in [0.5, 0.6) is 11.5 Å². The highest BCUT2D eigenvalue weighted by Crippen LogP contribution is 2.28. The minimum atomic E-state index is -0.710. The zero-order chi connectivity index (χ0) is 20.5. The van der Waals surface area contributed by atoms with Gasteiger partial charge in [0.15, 0.2) is 12.4 Å². The van der Waals surface area contributed by atoms with Crippen LogP contribution in [0.1, 0.15) is 5.56 Å². The molecule has 3 rings (SSSR count). The van der Waals surface area contributed by atoms with E-state index < -0.39 is 24.3 Å². The molecule has 0 spiro atoms. The van der Waals surface area contributed by atoms with E-state index in [-0.39, 0.29) is 0 Å². The molecule has 0 unspecified atom stereocenters. The number of hydrogen-bond donors (Lipinski definition) is 1. The smallest absolute Gasteiger partial charge is 0.331 e. The number of amides is 1. The summed E-state index contributed by atoms with van der Waals surface area (Å²) in [5.74, 6) is -0.538. The largest absolute Gasteiger partial charge is 0.455 e. The van der Waals surface area contributed by atoms with E-state index in [1.165, 1.54) is 24.3 Å². The normalized spacial score (nSPS) is 10.5. The Balaban J connectivity index is 1.54. The number of rotatable bonds is 7. The highest BCUT2D eigenvalue weighted by molar-refractivity contribution is 5.95. The number of halogens is 1. The Hall–Kier alpha value is -3.93. The van der Waals surface area contributed by atoms with Crippen molar-refractivity contribution in [1.82, 2.24) is 0 Å². The molecule has 0 bridgehead atoms. The number of anilines is 1. The van der Waals surface area contributed by atoms with Gasteiger partial charge in [-0.15, -0.1) is 0 Å². The second-order valence-corrected chi connectivity index (χ2v) is 5.96. The number of hydrogen-bond acceptors (Lipinski definition) is 4. The number of para-hydroxylation sites is 3. The first kappa shape index (κ1) is 19.8. The van der Waals surface area contributed by atoms with Crippen molar-refractivity contribution in [1.29, 1.82) is 0 Å². The third kappa shape index (κ3) is 6.32. The Bertz CT molecular complexity index is 1020. The van der Waals surface area contributed by atoms with Crippen LogP contribution in [0.4, 0.5) is 10.1 Å². The van der Waals surface area contributed by atoms with E-state index in [1.807, 2.05) is 18.2 Å². The van der Waals surface area contributed by atoms with E-state index in [1.54, 1.807) is 42.5 Å². The van der Waals surface area contributed by atoms with Crippen molar-refractivity contribution in [2.24, 2.45) is 0 Å². The van der Waals surface area contributed by atoms with E-state index in [0.29, 0.717) is 22.7 Å². The summed E-state index contributed by atoms with van der Waals surface area (Å²) in [5, 5.41) is 2.65. The number of benzene rings is 3. The molecule has 1 amide bonds. The third-order valence-electron chi connectivity index (χ3n) is 3.74. The highest BCUT2D eigenvalue weighted by atomic mass is 19.1. The maximum Gasteiger partial charge on any atom is 0.331 e. The van der Waals surface area contributed by atoms with Gasteiger partial charge in [0, 0.05) is 6.08 Å². The molecule has 0 atom stereocenters. The van der Waals surface area contributed by atoms with Crippen molar-refractivity contribution in [3.8, 4) is 11.5 Å². The van der Waals surface area contributed by atoms with Gasteiger partial charge in [-0.2, -0.15) is 0 Å². The number of nitrogens with one attached hydrogen (secondary N) is 1. The Labute approximate surface area is 167 Å². The molecule has 0 fully saturated rings. The van der Waals surface area contributed by atoms with E-state index >= 15 is 0 Å². The molecular formula is C23H18FNO4. The van der Waals surface area contributed by atoms with Crippen molar-refractivity contribution in [2.45, 2.75) is 0 Å². The minimum absolute atomic E-state index is 0.406. The maximum atomic E-state index is 13.1. The summed E-state index contributed by atoms with van der Waals surface area (Å²) in [7, 11) is 0. The minimum Gasteiger partial charge on any atom is -0.455 e. The summed E-state index contributed by atoms with van der Waals surface area (Å²) < 4.78 is 23.8. The van der Waals surface area contributed by atoms with E-state index in [9.17, 15) is 14.0 Å². The SMILES string of the molecule is O=C(COC(=O)/C=C/c1cccc(F)c1)Nc1ccccc1Oc1ccccc1. The molecule has 5 nitrogen and oxygen atoms in total. The first-order valence-corrected chi connectivity index (χ1v) is 8.82. The molecule has 29 heavy (non-hydrogen) atoms. The maximum absolute atomic E-state index is 13.1. The van der Waals surface area contributed by atoms with E-state index in [4.69, 9.17) is 9.47 Å². The van der Waals surface area contributed by atoms with Crippen LogP contribution < -0.4 is 10.1 Å². The van der Waals surface area contributed by atoms with Gasteiger partial charge < -0.3 is 14.8 Å². The number of carbonyl (C=O) groups is 2. The summed E-state index contributed by atoms with van der Waals surface area (Å²) >= 11 is 0. The first-order valence-electron chi connectivity index (χ1n) is 8.82. The van der Waals surface area contributed by atoms with Crippen molar-refractivity contribution in [3.05, 3.63) is 96.3 Å². The lowest BCUT2D eigenvalue weighted by atomic mass is 10.2. The summed E-state index contributed by atoms with van der Waals surface area (Å²) in [4.78, 5) is 23.9. The Morgan fingerprint density at radius 2 is 1.69 bits per heavy atom. The average Bonchev–Trinajstić information content (AvgIpc) is 2.73. The molecule has 0 aliphatic heterocycles. The number of esters is 1. The summed E-state index contributed by atoms with van der Waals surface area (Å²) in [6, 6.07) is 21.8. The molecule has 0 heterocycles. The van der Waals surface area contributed by atoms with Gasteiger partial charge in [-0.3, -0.25) is 4.79 Å². The fraction of sp³-hybridized carbons (Fsp3) is 0.0435. The van der Waals surface area contributed by atoms with E-state index in [0.717, 1.165) is 6.08 Å². The molecule has 0 aliphatic rings.